The van der Waals surface area contributed by atoms with E-state index in [1.807, 2.05) is 26.8 Å². The van der Waals surface area contributed by atoms with E-state index in [1.54, 1.807) is 0 Å². The number of hydrogen-bond acceptors (Lipinski definition) is 5. The third kappa shape index (κ3) is 10.1. The lowest BCUT2D eigenvalue weighted by Gasteiger charge is -2.19. The third-order valence-electron chi connectivity index (χ3n) is 4.13. The first-order chi connectivity index (χ1) is 13.3. The molecule has 0 saturated heterocycles. The Kier molecular flexibility index (Phi) is 11.2. The van der Waals surface area contributed by atoms with Crippen LogP contribution >= 0.6 is 11.3 Å². The first kappa shape index (κ1) is 24.5. The van der Waals surface area contributed by atoms with Gasteiger partial charge < -0.3 is 9.47 Å². The maximum Gasteiger partial charge on any atom is 0.412 e. The summed E-state index contributed by atoms with van der Waals surface area (Å²) in [6.45, 7) is 10.2. The van der Waals surface area contributed by atoms with Crippen LogP contribution in [0.25, 0.3) is 0 Å². The van der Waals surface area contributed by atoms with Gasteiger partial charge in [0.1, 0.15) is 10.6 Å². The van der Waals surface area contributed by atoms with E-state index in [2.05, 4.69) is 19.2 Å². The number of esters is 1. The van der Waals surface area contributed by atoms with Crippen LogP contribution < -0.4 is 5.32 Å². The second-order valence-electron chi connectivity index (χ2n) is 8.09. The van der Waals surface area contributed by atoms with Crippen LogP contribution in [0.15, 0.2) is 6.07 Å². The molecule has 1 N–H and O–H groups in total. The maximum absolute atomic E-state index is 12.5. The summed E-state index contributed by atoms with van der Waals surface area (Å²) in [6, 6.07) is 1.83. The molecule has 1 amide bonds. The molecule has 1 rings (SSSR count). The zero-order chi connectivity index (χ0) is 21.0. The first-order valence-corrected chi connectivity index (χ1v) is 11.4. The molecule has 0 saturated carbocycles. The van der Waals surface area contributed by atoms with Crippen molar-refractivity contribution in [1.29, 1.82) is 0 Å². The lowest BCUT2D eigenvalue weighted by Crippen LogP contribution is -2.24. The second kappa shape index (κ2) is 12.8. The minimum absolute atomic E-state index is 0.397. The maximum atomic E-state index is 12.5. The predicted molar refractivity (Wildman–Crippen MR) is 116 cm³/mol. The summed E-state index contributed by atoms with van der Waals surface area (Å²) in [5.74, 6) is -0.419. The molecule has 0 aliphatic heterocycles. The zero-order valence-corrected chi connectivity index (χ0v) is 19.0. The Morgan fingerprint density at radius 2 is 1.64 bits per heavy atom. The molecule has 0 spiro atoms. The van der Waals surface area contributed by atoms with Crippen molar-refractivity contribution in [2.45, 2.75) is 98.0 Å². The fourth-order valence-corrected chi connectivity index (χ4v) is 3.74. The summed E-state index contributed by atoms with van der Waals surface area (Å²) < 4.78 is 10.8. The van der Waals surface area contributed by atoms with Gasteiger partial charge in [-0.1, -0.05) is 52.4 Å². The van der Waals surface area contributed by atoms with Crippen LogP contribution in [-0.4, -0.2) is 24.3 Å². The number of ether oxygens (including phenoxy) is 2. The van der Waals surface area contributed by atoms with Gasteiger partial charge in [-0.2, -0.15) is 0 Å². The van der Waals surface area contributed by atoms with E-state index < -0.39 is 17.7 Å². The van der Waals surface area contributed by atoms with Gasteiger partial charge >= 0.3 is 12.1 Å². The molecule has 6 heteroatoms. The number of carbonyl (C=O) groups excluding carboxylic acids is 2. The van der Waals surface area contributed by atoms with Crippen molar-refractivity contribution in [3.8, 4) is 0 Å². The summed E-state index contributed by atoms with van der Waals surface area (Å²) in [5.41, 5.74) is -0.180. The molecule has 0 aliphatic carbocycles. The predicted octanol–water partition coefficient (Wildman–Crippen LogP) is 6.96. The summed E-state index contributed by atoms with van der Waals surface area (Å²) in [7, 11) is 0. The normalized spacial score (nSPS) is 11.3. The summed E-state index contributed by atoms with van der Waals surface area (Å²) in [5, 5.41) is 3.25. The molecule has 5 nitrogen and oxygen atoms in total. The van der Waals surface area contributed by atoms with Gasteiger partial charge in [-0.15, -0.1) is 11.3 Å². The third-order valence-corrected chi connectivity index (χ3v) is 5.24. The first-order valence-electron chi connectivity index (χ1n) is 10.6. The SMILES string of the molecule is CCCCCCCCOC(=O)Nc1sc(CCCC)cc1C(=O)OC(C)(C)C. The molecule has 1 heterocycles. The number of anilines is 1. The van der Waals surface area contributed by atoms with Gasteiger partial charge in [-0.3, -0.25) is 5.32 Å². The largest absolute Gasteiger partial charge is 0.456 e. The van der Waals surface area contributed by atoms with Crippen molar-refractivity contribution in [1.82, 2.24) is 0 Å². The topological polar surface area (TPSA) is 64.6 Å². The average Bonchev–Trinajstić information content (AvgIpc) is 3.00. The molecule has 0 atom stereocenters. The van der Waals surface area contributed by atoms with E-state index in [0.29, 0.717) is 17.2 Å². The Labute approximate surface area is 174 Å². The lowest BCUT2D eigenvalue weighted by atomic mass is 10.1. The number of amides is 1. The molecule has 0 aliphatic rings. The Balaban J connectivity index is 2.62. The fourth-order valence-electron chi connectivity index (χ4n) is 2.67. The second-order valence-corrected chi connectivity index (χ2v) is 9.23. The summed E-state index contributed by atoms with van der Waals surface area (Å²) >= 11 is 1.42. The molecule has 0 radical (unpaired) electrons. The van der Waals surface area contributed by atoms with Crippen molar-refractivity contribution in [3.63, 3.8) is 0 Å². The van der Waals surface area contributed by atoms with Crippen LogP contribution in [0.2, 0.25) is 0 Å². The lowest BCUT2D eigenvalue weighted by molar-refractivity contribution is 0.00712. The zero-order valence-electron chi connectivity index (χ0n) is 18.2. The fraction of sp³-hybridized carbons (Fsp3) is 0.727. The minimum atomic E-state index is -0.585. The summed E-state index contributed by atoms with van der Waals surface area (Å²) in [6.07, 6.45) is 9.30. The Morgan fingerprint density at radius 3 is 2.29 bits per heavy atom. The molecule has 160 valence electrons. The monoisotopic (exact) mass is 411 g/mol. The van der Waals surface area contributed by atoms with Crippen molar-refractivity contribution < 1.29 is 19.1 Å². The quantitative estimate of drug-likeness (QED) is 0.298. The van der Waals surface area contributed by atoms with Gasteiger partial charge in [0.05, 0.1) is 12.2 Å². The Morgan fingerprint density at radius 1 is 1.00 bits per heavy atom. The number of carbonyl (C=O) groups is 2. The highest BCUT2D eigenvalue weighted by Crippen LogP contribution is 2.31. The molecule has 1 aromatic heterocycles. The molecular weight excluding hydrogens is 374 g/mol. The standard InChI is InChI=1S/C22H37NO4S/c1-6-8-10-11-12-13-15-26-21(25)23-19-18(20(24)27-22(3,4)5)16-17(28-19)14-9-7-2/h16H,6-15H2,1-5H3,(H,23,25). The van der Waals surface area contributed by atoms with E-state index in [0.717, 1.165) is 37.0 Å². The molecule has 0 fully saturated rings. The van der Waals surface area contributed by atoms with Crippen LogP contribution in [0.5, 0.6) is 0 Å². The molecule has 1 aromatic rings. The summed E-state index contributed by atoms with van der Waals surface area (Å²) in [4.78, 5) is 25.7. The van der Waals surface area contributed by atoms with Gasteiger partial charge in [0.25, 0.3) is 0 Å². The highest BCUT2D eigenvalue weighted by atomic mass is 32.1. The van der Waals surface area contributed by atoms with Crippen molar-refractivity contribution >= 4 is 28.4 Å². The van der Waals surface area contributed by atoms with Crippen LogP contribution in [-0.2, 0) is 15.9 Å². The number of nitrogens with one attached hydrogen (secondary N) is 1. The van der Waals surface area contributed by atoms with E-state index in [-0.39, 0.29) is 0 Å². The number of rotatable bonds is 12. The molecule has 28 heavy (non-hydrogen) atoms. The van der Waals surface area contributed by atoms with Crippen molar-refractivity contribution in [3.05, 3.63) is 16.5 Å². The van der Waals surface area contributed by atoms with Gasteiger partial charge in [-0.25, -0.2) is 9.59 Å². The van der Waals surface area contributed by atoms with Crippen LogP contribution in [0.1, 0.15) is 101 Å². The number of hydrogen-bond donors (Lipinski definition) is 1. The van der Waals surface area contributed by atoms with Gasteiger partial charge in [0.2, 0.25) is 0 Å². The average molecular weight is 412 g/mol. The molecule has 0 aromatic carbocycles. The highest BCUT2D eigenvalue weighted by Gasteiger charge is 2.24. The van der Waals surface area contributed by atoms with Crippen molar-refractivity contribution in [2.24, 2.45) is 0 Å². The van der Waals surface area contributed by atoms with Crippen molar-refractivity contribution in [2.75, 3.05) is 11.9 Å². The van der Waals surface area contributed by atoms with E-state index in [9.17, 15) is 9.59 Å². The molecule has 0 unspecified atom stereocenters. The smallest absolute Gasteiger partial charge is 0.412 e. The van der Waals surface area contributed by atoms with E-state index in [1.165, 1.54) is 37.0 Å². The van der Waals surface area contributed by atoms with Crippen LogP contribution in [0, 0.1) is 0 Å². The number of aryl methyl sites for hydroxylation is 1. The number of thiophene rings is 1. The number of unbranched alkanes of at least 4 members (excludes halogenated alkanes) is 6. The molecule has 0 bridgehead atoms. The highest BCUT2D eigenvalue weighted by molar-refractivity contribution is 7.16. The van der Waals surface area contributed by atoms with E-state index >= 15 is 0 Å². The van der Waals surface area contributed by atoms with Gasteiger partial charge in [0.15, 0.2) is 0 Å². The minimum Gasteiger partial charge on any atom is -0.456 e. The Hall–Kier alpha value is -1.56. The Bertz CT molecular complexity index is 604. The van der Waals surface area contributed by atoms with Crippen LogP contribution in [0.3, 0.4) is 0 Å². The van der Waals surface area contributed by atoms with Gasteiger partial charge in [-0.05, 0) is 46.1 Å². The van der Waals surface area contributed by atoms with E-state index in [4.69, 9.17) is 9.47 Å². The van der Waals surface area contributed by atoms with Crippen LogP contribution in [0.4, 0.5) is 9.80 Å². The molecular formula is C22H37NO4S. The van der Waals surface area contributed by atoms with Gasteiger partial charge in [0, 0.05) is 4.88 Å².